The molecule has 0 unspecified atom stereocenters. The van der Waals surface area contributed by atoms with Gasteiger partial charge in [0, 0.05) is 0 Å². The summed E-state index contributed by atoms with van der Waals surface area (Å²) in [5, 5.41) is 0. The number of benzene rings is 3. The van der Waals surface area contributed by atoms with Crippen LogP contribution in [0.25, 0.3) is 6.08 Å². The van der Waals surface area contributed by atoms with E-state index in [1.54, 1.807) is 11.0 Å². The van der Waals surface area contributed by atoms with E-state index in [9.17, 15) is 4.79 Å². The summed E-state index contributed by atoms with van der Waals surface area (Å²) in [6, 6.07) is 25.0. The van der Waals surface area contributed by atoms with Crippen molar-refractivity contribution < 1.29 is 9.53 Å². The number of carbonyl (C=O) groups is 1. The van der Waals surface area contributed by atoms with Gasteiger partial charge in [0.25, 0.3) is 5.91 Å². The first kappa shape index (κ1) is 17.7. The van der Waals surface area contributed by atoms with Crippen molar-refractivity contribution in [3.8, 4) is 11.5 Å². The van der Waals surface area contributed by atoms with Gasteiger partial charge in [-0.05, 0) is 61.9 Å². The quantitative estimate of drug-likeness (QED) is 0.563. The lowest BCUT2D eigenvalue weighted by molar-refractivity contribution is -0.113. The van der Waals surface area contributed by atoms with E-state index in [1.165, 1.54) is 5.56 Å². The van der Waals surface area contributed by atoms with Gasteiger partial charge in [0.15, 0.2) is 0 Å². The van der Waals surface area contributed by atoms with Crippen LogP contribution in [0.3, 0.4) is 0 Å². The summed E-state index contributed by atoms with van der Waals surface area (Å²) in [7, 11) is 0. The molecule has 0 N–H and O–H groups in total. The number of nitrogens with zero attached hydrogens (tertiary/aromatic N) is 2. The standard InChI is InChI=1S/C24H20N2O2/c1-17-8-12-21(13-9-17)28-22-14-10-20(11-15-22)26-18(2)25-23(24(26)27)16-19-6-4-3-5-7-19/h3-16H,1-2H3/b23-16-. The summed E-state index contributed by atoms with van der Waals surface area (Å²) >= 11 is 0. The molecule has 1 amide bonds. The fourth-order valence-electron chi connectivity index (χ4n) is 3.04. The van der Waals surface area contributed by atoms with E-state index >= 15 is 0 Å². The van der Waals surface area contributed by atoms with Gasteiger partial charge in [-0.25, -0.2) is 4.99 Å². The molecule has 0 aliphatic carbocycles. The highest BCUT2D eigenvalue weighted by molar-refractivity contribution is 6.28. The first-order valence-corrected chi connectivity index (χ1v) is 9.11. The number of hydrogen-bond donors (Lipinski definition) is 0. The molecule has 28 heavy (non-hydrogen) atoms. The maximum atomic E-state index is 12.8. The molecular formula is C24H20N2O2. The first-order chi connectivity index (χ1) is 13.6. The predicted molar refractivity (Wildman–Crippen MR) is 113 cm³/mol. The van der Waals surface area contributed by atoms with Crippen LogP contribution >= 0.6 is 0 Å². The van der Waals surface area contributed by atoms with E-state index in [-0.39, 0.29) is 5.91 Å². The largest absolute Gasteiger partial charge is 0.457 e. The van der Waals surface area contributed by atoms with Crippen molar-refractivity contribution in [2.45, 2.75) is 13.8 Å². The van der Waals surface area contributed by atoms with Gasteiger partial charge in [-0.2, -0.15) is 0 Å². The van der Waals surface area contributed by atoms with E-state index < -0.39 is 0 Å². The van der Waals surface area contributed by atoms with Gasteiger partial charge in [0.05, 0.1) is 5.69 Å². The number of aryl methyl sites for hydroxylation is 1. The van der Waals surface area contributed by atoms with Crippen LogP contribution in [0.1, 0.15) is 18.1 Å². The third-order valence-corrected chi connectivity index (χ3v) is 4.48. The fraction of sp³-hybridized carbons (Fsp3) is 0.0833. The molecule has 0 fully saturated rings. The number of hydrogen-bond acceptors (Lipinski definition) is 3. The molecule has 0 atom stereocenters. The van der Waals surface area contributed by atoms with Gasteiger partial charge in [0.2, 0.25) is 0 Å². The molecule has 138 valence electrons. The molecule has 4 heteroatoms. The monoisotopic (exact) mass is 368 g/mol. The molecule has 4 nitrogen and oxygen atoms in total. The molecule has 0 radical (unpaired) electrons. The lowest BCUT2D eigenvalue weighted by Crippen LogP contribution is -2.30. The molecule has 0 spiro atoms. The van der Waals surface area contributed by atoms with E-state index in [0.29, 0.717) is 17.3 Å². The number of anilines is 1. The number of rotatable bonds is 4. The van der Waals surface area contributed by atoms with Crippen LogP contribution in [0, 0.1) is 6.92 Å². The Balaban J connectivity index is 1.53. The van der Waals surface area contributed by atoms with Crippen molar-refractivity contribution in [1.82, 2.24) is 0 Å². The molecule has 3 aromatic rings. The van der Waals surface area contributed by atoms with Crippen LogP contribution in [0.15, 0.2) is 89.6 Å². The SMILES string of the molecule is CC1=N/C(=C\c2ccccc2)C(=O)N1c1ccc(Oc2ccc(C)cc2)cc1. The number of ether oxygens (including phenoxy) is 1. The Kier molecular flexibility index (Phi) is 4.77. The summed E-state index contributed by atoms with van der Waals surface area (Å²) in [6.45, 7) is 3.87. The van der Waals surface area contributed by atoms with Crippen molar-refractivity contribution >= 4 is 23.5 Å². The second-order valence-electron chi connectivity index (χ2n) is 6.65. The summed E-state index contributed by atoms with van der Waals surface area (Å²) in [5.74, 6) is 2.02. The van der Waals surface area contributed by atoms with Crippen molar-refractivity contribution in [2.75, 3.05) is 4.90 Å². The predicted octanol–water partition coefficient (Wildman–Crippen LogP) is 5.59. The summed E-state index contributed by atoms with van der Waals surface area (Å²) in [6.07, 6.45) is 1.81. The minimum atomic E-state index is -0.131. The number of amidine groups is 1. The average molecular weight is 368 g/mol. The second-order valence-corrected chi connectivity index (χ2v) is 6.65. The minimum Gasteiger partial charge on any atom is -0.457 e. The molecule has 1 heterocycles. The third-order valence-electron chi connectivity index (χ3n) is 4.48. The van der Waals surface area contributed by atoms with Crippen molar-refractivity contribution in [3.05, 3.63) is 95.7 Å². The first-order valence-electron chi connectivity index (χ1n) is 9.11. The molecule has 1 aliphatic rings. The molecule has 3 aromatic carbocycles. The Bertz CT molecular complexity index is 1050. The van der Waals surface area contributed by atoms with Crippen LogP contribution in [0.4, 0.5) is 5.69 Å². The Morgan fingerprint density at radius 1 is 0.821 bits per heavy atom. The van der Waals surface area contributed by atoms with E-state index in [1.807, 2.05) is 92.7 Å². The summed E-state index contributed by atoms with van der Waals surface area (Å²) in [5.41, 5.74) is 3.33. The zero-order valence-electron chi connectivity index (χ0n) is 15.8. The van der Waals surface area contributed by atoms with Crippen LogP contribution in [-0.2, 0) is 4.79 Å². The molecule has 4 rings (SSSR count). The molecule has 0 aromatic heterocycles. The highest BCUT2D eigenvalue weighted by atomic mass is 16.5. The molecular weight excluding hydrogens is 348 g/mol. The maximum Gasteiger partial charge on any atom is 0.282 e. The van der Waals surface area contributed by atoms with Crippen LogP contribution in [0.2, 0.25) is 0 Å². The van der Waals surface area contributed by atoms with E-state index in [4.69, 9.17) is 4.74 Å². The molecule has 1 aliphatic heterocycles. The van der Waals surface area contributed by atoms with Crippen molar-refractivity contribution in [2.24, 2.45) is 4.99 Å². The van der Waals surface area contributed by atoms with Crippen LogP contribution < -0.4 is 9.64 Å². The number of amides is 1. The normalized spacial score (nSPS) is 15.1. The Hall–Kier alpha value is -3.66. The van der Waals surface area contributed by atoms with Crippen LogP contribution in [-0.4, -0.2) is 11.7 Å². The number of aliphatic imine (C=N–C) groups is 1. The molecule has 0 bridgehead atoms. The highest BCUT2D eigenvalue weighted by Gasteiger charge is 2.28. The molecule has 0 saturated carbocycles. The van der Waals surface area contributed by atoms with Gasteiger partial charge < -0.3 is 4.74 Å². The molecule has 0 saturated heterocycles. The smallest absolute Gasteiger partial charge is 0.282 e. The van der Waals surface area contributed by atoms with Gasteiger partial charge in [-0.1, -0.05) is 48.0 Å². The number of carbonyl (C=O) groups excluding carboxylic acids is 1. The fourth-order valence-corrected chi connectivity index (χ4v) is 3.04. The Morgan fingerprint density at radius 2 is 1.43 bits per heavy atom. The van der Waals surface area contributed by atoms with Crippen molar-refractivity contribution in [3.63, 3.8) is 0 Å². The Morgan fingerprint density at radius 3 is 2.07 bits per heavy atom. The topological polar surface area (TPSA) is 41.9 Å². The van der Waals surface area contributed by atoms with Gasteiger partial charge >= 0.3 is 0 Å². The van der Waals surface area contributed by atoms with Gasteiger partial charge in [0.1, 0.15) is 23.0 Å². The zero-order valence-corrected chi connectivity index (χ0v) is 15.8. The summed E-state index contributed by atoms with van der Waals surface area (Å²) < 4.78 is 5.86. The van der Waals surface area contributed by atoms with E-state index in [0.717, 1.165) is 17.0 Å². The van der Waals surface area contributed by atoms with Gasteiger partial charge in [-0.3, -0.25) is 9.69 Å². The van der Waals surface area contributed by atoms with Crippen LogP contribution in [0.5, 0.6) is 11.5 Å². The van der Waals surface area contributed by atoms with Crippen molar-refractivity contribution in [1.29, 1.82) is 0 Å². The average Bonchev–Trinajstić information content (AvgIpc) is 2.98. The third kappa shape index (κ3) is 3.71. The maximum absolute atomic E-state index is 12.8. The highest BCUT2D eigenvalue weighted by Crippen LogP contribution is 2.28. The Labute approximate surface area is 164 Å². The zero-order chi connectivity index (χ0) is 19.5. The second kappa shape index (κ2) is 7.53. The minimum absolute atomic E-state index is 0.131. The lowest BCUT2D eigenvalue weighted by atomic mass is 10.2. The lowest BCUT2D eigenvalue weighted by Gasteiger charge is -2.16. The van der Waals surface area contributed by atoms with E-state index in [2.05, 4.69) is 4.99 Å². The summed E-state index contributed by atoms with van der Waals surface area (Å²) in [4.78, 5) is 18.9. The van der Waals surface area contributed by atoms with Gasteiger partial charge in [-0.15, -0.1) is 0 Å².